The predicted molar refractivity (Wildman–Crippen MR) is 399 cm³/mol. The first-order valence-corrected chi connectivity index (χ1v) is 39.8. The molecule has 23 nitrogen and oxygen atoms in total. The van der Waals surface area contributed by atoms with Gasteiger partial charge < -0.3 is 29.6 Å². The molecule has 106 heavy (non-hydrogen) atoms. The molecule has 2 aliphatic carbocycles. The number of aryl methyl sites for hydroxylation is 4. The zero-order chi connectivity index (χ0) is 76.5. The Morgan fingerprint density at radius 1 is 0.387 bits per heavy atom. The van der Waals surface area contributed by atoms with Crippen molar-refractivity contribution in [1.82, 2.24) is 0 Å². The summed E-state index contributed by atoms with van der Waals surface area (Å²) in [4.78, 5) is 15.1. The number of nitrogens with zero attached hydrogens (tertiary/aromatic N) is 1. The van der Waals surface area contributed by atoms with Crippen LogP contribution in [-0.4, -0.2) is 115 Å². The zero-order valence-electron chi connectivity index (χ0n) is 60.1. The van der Waals surface area contributed by atoms with Crippen molar-refractivity contribution in [2.45, 2.75) is 79.9 Å². The molecule has 2 aliphatic rings. The number of carbonyl (C=O) groups is 1. The first-order valence-electron chi connectivity index (χ1n) is 31.3. The molecule has 0 fully saturated rings. The smallest absolute Gasteiger partial charge is 0.744 e. The van der Waals surface area contributed by atoms with Crippen LogP contribution in [0.4, 0.5) is 17.1 Å². The molecule has 0 spiro atoms. The molecule has 0 aromatic heterocycles. The molecule has 10 rings (SSSR count). The Bertz CT molecular complexity index is 4920. The van der Waals surface area contributed by atoms with E-state index in [1.807, 2.05) is 125 Å². The van der Waals surface area contributed by atoms with Gasteiger partial charge in [0.15, 0.2) is 5.78 Å². The molecule has 8 aromatic carbocycles. The molecule has 0 aliphatic heterocycles. The summed E-state index contributed by atoms with van der Waals surface area (Å²) in [6.45, 7) is 18.0. The Balaban J connectivity index is 0.000000459. The summed E-state index contributed by atoms with van der Waals surface area (Å²) >= 11 is 0. The van der Waals surface area contributed by atoms with Crippen molar-refractivity contribution in [2.75, 3.05) is 42.1 Å². The van der Waals surface area contributed by atoms with Gasteiger partial charge in [0.05, 0.1) is 30.2 Å². The van der Waals surface area contributed by atoms with Gasteiger partial charge in [-0.15, -0.1) is 0 Å². The molecule has 0 heterocycles. The Kier molecular flexibility index (Phi) is 39.8. The fraction of sp³-hybridized carbons (Fsp3) is 0.162. The summed E-state index contributed by atoms with van der Waals surface area (Å²) in [5.41, 5.74) is 11.9. The summed E-state index contributed by atoms with van der Waals surface area (Å²) in [5, 5.41) is 9.68. The average Bonchev–Trinajstić information content (AvgIpc) is 0.782. The normalized spacial score (nSPS) is 12.3. The molecule has 8 aromatic rings. The van der Waals surface area contributed by atoms with E-state index in [0.29, 0.717) is 17.7 Å². The number of rotatable bonds is 17. The van der Waals surface area contributed by atoms with Gasteiger partial charge in [-0.1, -0.05) is 115 Å². The van der Waals surface area contributed by atoms with E-state index in [2.05, 4.69) is 20.9 Å². The van der Waals surface area contributed by atoms with Gasteiger partial charge in [-0.3, -0.25) is 23.4 Å². The van der Waals surface area contributed by atoms with Gasteiger partial charge in [0.25, 0.3) is 30.4 Å². The standard InChI is InChI=1S/C23H24N2O4S.C23H24N2O3S.4C7H8O3S.3Na/c1-3-24-18-9-5-16(6-10-18)23(17-7-11-19(12-8-17)25-4-2)21-14-13-20(26)15-22(21)30(27,28)29;1-3-24-19-13-9-17(10-14-19)23(18-11-15-20(16-12-18)25-4-2)21-7-5-6-8-22(21)29(26,27)28;4*1-6-3-2-4-7(5-6)11(8,9)10;;;/h5-15,24-25H,3-4H2,1-2H3,(H,27,28,29);5-16,24H,3-4H2,1-2H3,(H,26,27,28);4*2-5H,1H3,(H,8,9,10);;;/q;;;;;;3*+1/p-3. The first kappa shape index (κ1) is 95.5. The second-order valence-electron chi connectivity index (χ2n) is 22.3. The Labute approximate surface area is 688 Å². The third kappa shape index (κ3) is 31.5. The van der Waals surface area contributed by atoms with Crippen molar-refractivity contribution < 1.29 is 171 Å². The first-order chi connectivity index (χ1) is 48.3. The number of benzene rings is 8. The van der Waals surface area contributed by atoms with E-state index in [1.165, 1.54) is 66.7 Å². The van der Waals surface area contributed by atoms with Crippen molar-refractivity contribution >= 4 is 100 Å². The van der Waals surface area contributed by atoms with E-state index in [4.69, 9.17) is 9.11 Å². The van der Waals surface area contributed by atoms with Gasteiger partial charge in [-0.25, -0.2) is 25.3 Å². The number of hydrogen-bond donors (Lipinski definition) is 6. The van der Waals surface area contributed by atoms with Crippen LogP contribution in [0, 0.1) is 27.7 Å². The minimum atomic E-state index is -4.85. The number of ketones is 1. The van der Waals surface area contributed by atoms with Crippen LogP contribution in [0.2, 0.25) is 0 Å². The molecule has 6 N–H and O–H groups in total. The minimum Gasteiger partial charge on any atom is -0.744 e. The van der Waals surface area contributed by atoms with Crippen LogP contribution in [0.3, 0.4) is 0 Å². The van der Waals surface area contributed by atoms with Crippen LogP contribution in [0.5, 0.6) is 0 Å². The maximum Gasteiger partial charge on any atom is 1.00 e. The second-order valence-corrected chi connectivity index (χ2v) is 30.6. The van der Waals surface area contributed by atoms with E-state index in [1.54, 1.807) is 94.4 Å². The number of hydrogen-bond acceptors (Lipinski definition) is 20. The fourth-order valence-electron chi connectivity index (χ4n) is 9.66. The summed E-state index contributed by atoms with van der Waals surface area (Å²) in [5.74, 6) is -0.530. The molecular formula is C74H77N4Na3O19S6. The topological polar surface area (TPSA) is 400 Å². The minimum absolute atomic E-state index is 0. The van der Waals surface area contributed by atoms with E-state index in [-0.39, 0.29) is 119 Å². The molecule has 0 atom stereocenters. The average molecular weight is 1590 g/mol. The predicted octanol–water partition coefficient (Wildman–Crippen LogP) is 3.97. The largest absolute Gasteiger partial charge is 1.00 e. The Morgan fingerprint density at radius 2 is 0.726 bits per heavy atom. The van der Waals surface area contributed by atoms with Crippen LogP contribution in [0.25, 0.3) is 11.1 Å². The van der Waals surface area contributed by atoms with Gasteiger partial charge in [0.2, 0.25) is 0 Å². The van der Waals surface area contributed by atoms with Crippen LogP contribution in [-0.2, 0) is 65.5 Å². The van der Waals surface area contributed by atoms with E-state index < -0.39 is 71.4 Å². The van der Waals surface area contributed by atoms with Gasteiger partial charge in [-0.05, 0) is 226 Å². The molecule has 32 heteroatoms. The number of allylic oxidation sites excluding steroid dienone is 9. The van der Waals surface area contributed by atoms with Crippen LogP contribution < -0.4 is 105 Å². The second kappa shape index (κ2) is 44.2. The van der Waals surface area contributed by atoms with Gasteiger partial charge in [0, 0.05) is 60.5 Å². The van der Waals surface area contributed by atoms with Crippen molar-refractivity contribution in [3.05, 3.63) is 297 Å². The fourth-order valence-corrected chi connectivity index (χ4v) is 13.4. The van der Waals surface area contributed by atoms with Crippen molar-refractivity contribution in [3.63, 3.8) is 0 Å². The maximum atomic E-state index is 12.0. The number of carbonyl (C=O) groups excluding carboxylic acids is 1. The third-order valence-corrected chi connectivity index (χ3v) is 19.4. The number of aliphatic imine (C=N–C) groups is 1. The van der Waals surface area contributed by atoms with Crippen LogP contribution in [0.15, 0.2) is 282 Å². The van der Waals surface area contributed by atoms with Gasteiger partial charge >= 0.3 is 88.7 Å². The summed E-state index contributed by atoms with van der Waals surface area (Å²) in [7, 11) is -25.8. The molecule has 546 valence electrons. The van der Waals surface area contributed by atoms with Crippen molar-refractivity contribution in [2.24, 2.45) is 4.99 Å². The molecule has 0 saturated carbocycles. The molecule has 0 radical (unpaired) electrons. The van der Waals surface area contributed by atoms with Gasteiger partial charge in [0.1, 0.15) is 35.2 Å². The zero-order valence-corrected chi connectivity index (χ0v) is 71.0. The Morgan fingerprint density at radius 3 is 1.02 bits per heavy atom. The Hall–Kier alpha value is -6.60. The van der Waals surface area contributed by atoms with E-state index in [9.17, 15) is 73.5 Å². The third-order valence-electron chi connectivity index (χ3n) is 14.2. The van der Waals surface area contributed by atoms with E-state index in [0.717, 1.165) is 98.6 Å². The molecule has 0 unspecified atom stereocenters. The van der Waals surface area contributed by atoms with Crippen molar-refractivity contribution in [1.29, 1.82) is 0 Å². The van der Waals surface area contributed by atoms with Crippen LogP contribution >= 0.6 is 0 Å². The number of anilines is 3. The monoisotopic (exact) mass is 1590 g/mol. The molecule has 0 bridgehead atoms. The summed E-state index contributed by atoms with van der Waals surface area (Å²) in [6.07, 6.45) is 11.2. The maximum absolute atomic E-state index is 12.0. The van der Waals surface area contributed by atoms with E-state index >= 15 is 0 Å². The summed E-state index contributed by atoms with van der Waals surface area (Å²) in [6, 6.07) is 53.3. The number of nitrogens with one attached hydrogen (secondary N) is 3. The van der Waals surface area contributed by atoms with Gasteiger partial charge in [-0.2, -0.15) is 25.3 Å². The van der Waals surface area contributed by atoms with Crippen LogP contribution in [0.1, 0.15) is 72.2 Å². The molecular weight excluding hydrogens is 1510 g/mol. The SMILES string of the molecule is CCN=C1C=CC(=C(c2ccc(NCC)cc2)c2ccccc2S(=O)(=O)O)C=C1.CCNc1ccc(C(=C2C=CC(=O)C=C2S(=O)(=O)[O-])c2ccc(NCC)cc2)cc1.Cc1cccc(S(=O)(=O)O)c1.Cc1cccc(S(=O)(=O)O)c1.Cc1cccc(S(=O)(=O)[O-])c1.Cc1cccc(S(=O)(=O)[O-])c1.[Na+].[Na+].[Na+]. The molecule has 0 amide bonds. The molecule has 0 saturated heterocycles. The van der Waals surface area contributed by atoms with Crippen molar-refractivity contribution in [3.8, 4) is 0 Å². The quantitative estimate of drug-likeness (QED) is 0.0555. The summed E-state index contributed by atoms with van der Waals surface area (Å²) < 4.78 is 191.